The number of rotatable bonds is 4. The molecule has 0 radical (unpaired) electrons. The van der Waals surface area contributed by atoms with Crippen LogP contribution < -0.4 is 10.1 Å². The van der Waals surface area contributed by atoms with E-state index in [0.29, 0.717) is 5.95 Å². The predicted molar refractivity (Wildman–Crippen MR) is 83.1 cm³/mol. The number of nitrogens with zero attached hydrogens (tertiary/aromatic N) is 4. The largest absolute Gasteiger partial charge is 0.497 e. The zero-order chi connectivity index (χ0) is 14.7. The first kappa shape index (κ1) is 13.6. The summed E-state index contributed by atoms with van der Waals surface area (Å²) in [6.45, 7) is 0. The number of ether oxygens (including phenoxy) is 1. The summed E-state index contributed by atoms with van der Waals surface area (Å²) in [5, 5.41) is 14.9. The van der Waals surface area contributed by atoms with Gasteiger partial charge in [0.05, 0.1) is 12.8 Å². The fraction of sp³-hybridized carbons (Fsp3) is 0.0714. The second-order valence-corrected chi connectivity index (χ2v) is 5.07. The Bertz CT molecular complexity index is 741. The molecule has 7 heteroatoms. The van der Waals surface area contributed by atoms with Gasteiger partial charge in [0.25, 0.3) is 5.95 Å². The van der Waals surface area contributed by atoms with E-state index in [1.54, 1.807) is 11.8 Å². The van der Waals surface area contributed by atoms with E-state index in [9.17, 15) is 0 Å². The molecule has 0 aliphatic rings. The Morgan fingerprint density at radius 3 is 2.57 bits per heavy atom. The fourth-order valence-corrected chi connectivity index (χ4v) is 2.31. The second kappa shape index (κ2) is 5.92. The minimum atomic E-state index is 0.534. The smallest absolute Gasteiger partial charge is 0.252 e. The van der Waals surface area contributed by atoms with Gasteiger partial charge in [0, 0.05) is 10.2 Å². The lowest BCUT2D eigenvalue weighted by Gasteiger charge is -2.08. The third-order valence-corrected chi connectivity index (χ3v) is 3.57. The van der Waals surface area contributed by atoms with E-state index in [1.807, 2.05) is 48.5 Å². The van der Waals surface area contributed by atoms with Crippen molar-refractivity contribution in [1.29, 1.82) is 0 Å². The van der Waals surface area contributed by atoms with Crippen LogP contribution in [0.5, 0.6) is 5.75 Å². The molecule has 0 fully saturated rings. The van der Waals surface area contributed by atoms with Gasteiger partial charge in [-0.15, -0.1) is 0 Å². The maximum atomic E-state index is 5.13. The summed E-state index contributed by atoms with van der Waals surface area (Å²) >= 11 is 3.50. The molecule has 1 aromatic heterocycles. The Morgan fingerprint density at radius 1 is 1.10 bits per heavy atom. The quantitative estimate of drug-likeness (QED) is 0.786. The molecular formula is C14H12BrN5O. The number of tetrazole rings is 1. The Kier molecular flexibility index (Phi) is 3.83. The van der Waals surface area contributed by atoms with Crippen molar-refractivity contribution in [1.82, 2.24) is 20.2 Å². The number of para-hydroxylation sites is 1. The molecule has 0 aliphatic heterocycles. The van der Waals surface area contributed by atoms with Gasteiger partial charge in [-0.25, -0.2) is 0 Å². The summed E-state index contributed by atoms with van der Waals surface area (Å²) in [7, 11) is 1.63. The monoisotopic (exact) mass is 345 g/mol. The van der Waals surface area contributed by atoms with Crippen LogP contribution in [0.3, 0.4) is 0 Å². The minimum Gasteiger partial charge on any atom is -0.497 e. The first-order valence-corrected chi connectivity index (χ1v) is 7.01. The van der Waals surface area contributed by atoms with E-state index in [-0.39, 0.29) is 0 Å². The maximum absolute atomic E-state index is 5.13. The zero-order valence-electron chi connectivity index (χ0n) is 11.2. The van der Waals surface area contributed by atoms with Crippen LogP contribution in [-0.2, 0) is 0 Å². The molecule has 3 rings (SSSR count). The summed E-state index contributed by atoms with van der Waals surface area (Å²) in [6, 6.07) is 15.3. The van der Waals surface area contributed by atoms with Gasteiger partial charge < -0.3 is 10.1 Å². The van der Waals surface area contributed by atoms with E-state index in [1.165, 1.54) is 0 Å². The van der Waals surface area contributed by atoms with Crippen molar-refractivity contribution >= 4 is 27.6 Å². The molecule has 0 unspecified atom stereocenters. The number of hydrogen-bond donors (Lipinski definition) is 1. The lowest BCUT2D eigenvalue weighted by molar-refractivity contribution is 0.415. The molecule has 1 heterocycles. The molecule has 0 saturated carbocycles. The van der Waals surface area contributed by atoms with Crippen molar-refractivity contribution in [3.63, 3.8) is 0 Å². The predicted octanol–water partition coefficient (Wildman–Crippen LogP) is 3.18. The van der Waals surface area contributed by atoms with Crippen molar-refractivity contribution in [2.75, 3.05) is 12.4 Å². The van der Waals surface area contributed by atoms with Gasteiger partial charge in [-0.1, -0.05) is 17.2 Å². The molecule has 6 nitrogen and oxygen atoms in total. The van der Waals surface area contributed by atoms with Crippen LogP contribution in [0.15, 0.2) is 53.0 Å². The van der Waals surface area contributed by atoms with Gasteiger partial charge in [0.1, 0.15) is 5.75 Å². The first-order chi connectivity index (χ1) is 10.3. The van der Waals surface area contributed by atoms with Crippen molar-refractivity contribution in [2.24, 2.45) is 0 Å². The molecule has 2 aromatic carbocycles. The van der Waals surface area contributed by atoms with E-state index < -0.39 is 0 Å². The number of anilines is 2. The van der Waals surface area contributed by atoms with E-state index >= 15 is 0 Å². The highest BCUT2D eigenvalue weighted by molar-refractivity contribution is 9.10. The lowest BCUT2D eigenvalue weighted by atomic mass is 10.3. The standard InChI is InChI=1S/C14H12BrN5O/c1-21-11-8-6-10(7-9-11)16-14-17-18-19-20(14)13-5-3-2-4-12(13)15/h2-9H,1H3,(H,16,17,19). The highest BCUT2D eigenvalue weighted by atomic mass is 79.9. The number of hydrogen-bond acceptors (Lipinski definition) is 5. The lowest BCUT2D eigenvalue weighted by Crippen LogP contribution is -2.04. The van der Waals surface area contributed by atoms with Gasteiger partial charge in [0.2, 0.25) is 0 Å². The van der Waals surface area contributed by atoms with Gasteiger partial charge >= 0.3 is 0 Å². The van der Waals surface area contributed by atoms with Crippen LogP contribution in [0.1, 0.15) is 0 Å². The average molecular weight is 346 g/mol. The summed E-state index contributed by atoms with van der Waals surface area (Å²) < 4.78 is 7.68. The summed E-state index contributed by atoms with van der Waals surface area (Å²) in [6.07, 6.45) is 0. The highest BCUT2D eigenvalue weighted by Crippen LogP contribution is 2.24. The Morgan fingerprint density at radius 2 is 1.86 bits per heavy atom. The summed E-state index contributed by atoms with van der Waals surface area (Å²) in [4.78, 5) is 0. The molecule has 0 amide bonds. The number of halogens is 1. The molecular weight excluding hydrogens is 334 g/mol. The van der Waals surface area contributed by atoms with Crippen LogP contribution in [0.2, 0.25) is 0 Å². The van der Waals surface area contributed by atoms with Crippen LogP contribution in [0.4, 0.5) is 11.6 Å². The third-order valence-electron chi connectivity index (χ3n) is 2.90. The van der Waals surface area contributed by atoms with E-state index in [0.717, 1.165) is 21.6 Å². The third kappa shape index (κ3) is 2.87. The van der Waals surface area contributed by atoms with Gasteiger partial charge in [-0.2, -0.15) is 4.68 Å². The number of aromatic nitrogens is 4. The Balaban J connectivity index is 1.90. The molecule has 0 spiro atoms. The summed E-state index contributed by atoms with van der Waals surface area (Å²) in [5.41, 5.74) is 1.73. The van der Waals surface area contributed by atoms with E-state index in [2.05, 4.69) is 36.8 Å². The molecule has 0 atom stereocenters. The molecule has 0 bridgehead atoms. The van der Waals surface area contributed by atoms with Gasteiger partial charge in [0.15, 0.2) is 0 Å². The first-order valence-electron chi connectivity index (χ1n) is 6.22. The molecule has 0 saturated heterocycles. The zero-order valence-corrected chi connectivity index (χ0v) is 12.8. The van der Waals surface area contributed by atoms with Crippen molar-refractivity contribution in [3.8, 4) is 11.4 Å². The van der Waals surface area contributed by atoms with Crippen molar-refractivity contribution in [3.05, 3.63) is 53.0 Å². The Hall–Kier alpha value is -2.41. The van der Waals surface area contributed by atoms with Gasteiger partial charge in [-0.05, 0) is 62.8 Å². The molecule has 0 aliphatic carbocycles. The molecule has 21 heavy (non-hydrogen) atoms. The molecule has 3 aromatic rings. The highest BCUT2D eigenvalue weighted by Gasteiger charge is 2.10. The van der Waals surface area contributed by atoms with Crippen LogP contribution in [-0.4, -0.2) is 27.3 Å². The summed E-state index contributed by atoms with van der Waals surface area (Å²) in [5.74, 6) is 1.33. The van der Waals surface area contributed by atoms with E-state index in [4.69, 9.17) is 4.74 Å². The number of methoxy groups -OCH3 is 1. The molecule has 106 valence electrons. The molecule has 1 N–H and O–H groups in total. The number of benzene rings is 2. The van der Waals surface area contributed by atoms with Crippen molar-refractivity contribution < 1.29 is 4.74 Å². The average Bonchev–Trinajstić information content (AvgIpc) is 2.96. The number of nitrogens with one attached hydrogen (secondary N) is 1. The van der Waals surface area contributed by atoms with Gasteiger partial charge in [-0.3, -0.25) is 0 Å². The maximum Gasteiger partial charge on any atom is 0.252 e. The fourth-order valence-electron chi connectivity index (χ4n) is 1.85. The Labute approximate surface area is 129 Å². The van der Waals surface area contributed by atoms with Crippen LogP contribution >= 0.6 is 15.9 Å². The second-order valence-electron chi connectivity index (χ2n) is 4.22. The normalized spacial score (nSPS) is 10.4. The minimum absolute atomic E-state index is 0.534. The van der Waals surface area contributed by atoms with Crippen LogP contribution in [0, 0.1) is 0 Å². The topological polar surface area (TPSA) is 64.9 Å². The SMILES string of the molecule is COc1ccc(Nc2nnnn2-c2ccccc2Br)cc1. The van der Waals surface area contributed by atoms with Crippen LogP contribution in [0.25, 0.3) is 5.69 Å². The van der Waals surface area contributed by atoms with Crippen molar-refractivity contribution in [2.45, 2.75) is 0 Å².